The van der Waals surface area contributed by atoms with Crippen LogP contribution in [0.4, 0.5) is 13.2 Å². The molecule has 96 valence electrons. The first-order valence-corrected chi connectivity index (χ1v) is 5.22. The quantitative estimate of drug-likeness (QED) is 0.660. The molecule has 0 fully saturated rings. The number of halogens is 3. The zero-order chi connectivity index (χ0) is 13.1. The Morgan fingerprint density at radius 3 is 2.71 bits per heavy atom. The molecule has 1 N–H and O–H groups in total. The zero-order valence-corrected chi connectivity index (χ0v) is 9.52. The standard InChI is InChI=1S/C9H9F3O4S/c1-5-2-6(7(17-5)8(13)14)16-4-15-3-9(10,11)12/h2H,3-4H2,1H3,(H,13,14). The molecule has 0 aliphatic heterocycles. The number of carboxylic acids is 1. The summed E-state index contributed by atoms with van der Waals surface area (Å²) in [5, 5.41) is 8.77. The molecule has 1 aromatic rings. The predicted molar refractivity (Wildman–Crippen MR) is 53.5 cm³/mol. The summed E-state index contributed by atoms with van der Waals surface area (Å²) in [5.41, 5.74) is 0. The minimum Gasteiger partial charge on any atom is -0.477 e. The van der Waals surface area contributed by atoms with Gasteiger partial charge in [0, 0.05) is 4.88 Å². The van der Waals surface area contributed by atoms with E-state index in [-0.39, 0.29) is 10.6 Å². The minimum atomic E-state index is -4.43. The number of aryl methyl sites for hydroxylation is 1. The van der Waals surface area contributed by atoms with Crippen molar-refractivity contribution in [1.82, 2.24) is 0 Å². The lowest BCUT2D eigenvalue weighted by Crippen LogP contribution is -2.19. The molecule has 0 amide bonds. The van der Waals surface area contributed by atoms with Crippen molar-refractivity contribution in [1.29, 1.82) is 0 Å². The molecule has 0 saturated heterocycles. The maximum Gasteiger partial charge on any atom is 0.411 e. The highest BCUT2D eigenvalue weighted by Crippen LogP contribution is 2.28. The van der Waals surface area contributed by atoms with Crippen LogP contribution in [0.15, 0.2) is 6.07 Å². The second-order valence-corrected chi connectivity index (χ2v) is 4.34. The Morgan fingerprint density at radius 2 is 2.18 bits per heavy atom. The van der Waals surface area contributed by atoms with Crippen molar-refractivity contribution in [2.24, 2.45) is 0 Å². The maximum atomic E-state index is 11.7. The number of aromatic carboxylic acids is 1. The van der Waals surface area contributed by atoms with Gasteiger partial charge in [0.25, 0.3) is 0 Å². The first-order chi connectivity index (χ1) is 7.79. The van der Waals surface area contributed by atoms with E-state index in [1.807, 2.05) is 0 Å². The number of carboxylic acid groups (broad SMARTS) is 1. The van der Waals surface area contributed by atoms with Crippen LogP contribution in [-0.4, -0.2) is 30.7 Å². The first kappa shape index (κ1) is 13.8. The van der Waals surface area contributed by atoms with Crippen LogP contribution in [0.5, 0.6) is 5.75 Å². The van der Waals surface area contributed by atoms with E-state index in [0.29, 0.717) is 4.88 Å². The lowest BCUT2D eigenvalue weighted by Gasteiger charge is -2.08. The van der Waals surface area contributed by atoms with Gasteiger partial charge in [-0.3, -0.25) is 0 Å². The molecule has 1 rings (SSSR count). The molecular weight excluding hydrogens is 261 g/mol. The average molecular weight is 270 g/mol. The monoisotopic (exact) mass is 270 g/mol. The number of carbonyl (C=O) groups is 1. The van der Waals surface area contributed by atoms with E-state index in [9.17, 15) is 18.0 Å². The first-order valence-electron chi connectivity index (χ1n) is 4.40. The Kier molecular flexibility index (Phi) is 4.35. The Morgan fingerprint density at radius 1 is 1.53 bits per heavy atom. The molecule has 1 heterocycles. The normalized spacial score (nSPS) is 11.5. The van der Waals surface area contributed by atoms with Crippen molar-refractivity contribution in [3.63, 3.8) is 0 Å². The van der Waals surface area contributed by atoms with Gasteiger partial charge in [-0.2, -0.15) is 13.2 Å². The number of ether oxygens (including phenoxy) is 2. The number of alkyl halides is 3. The van der Waals surface area contributed by atoms with Gasteiger partial charge in [0.05, 0.1) is 0 Å². The van der Waals surface area contributed by atoms with Crippen LogP contribution in [0.3, 0.4) is 0 Å². The highest BCUT2D eigenvalue weighted by Gasteiger charge is 2.27. The van der Waals surface area contributed by atoms with Crippen molar-refractivity contribution in [2.45, 2.75) is 13.1 Å². The van der Waals surface area contributed by atoms with Gasteiger partial charge in [-0.05, 0) is 13.0 Å². The molecule has 0 unspecified atom stereocenters. The summed E-state index contributed by atoms with van der Waals surface area (Å²) >= 11 is 0.984. The summed E-state index contributed by atoms with van der Waals surface area (Å²) in [6.45, 7) is -0.408. The third-order valence-electron chi connectivity index (χ3n) is 1.58. The van der Waals surface area contributed by atoms with Gasteiger partial charge < -0.3 is 14.6 Å². The van der Waals surface area contributed by atoms with Gasteiger partial charge in [-0.25, -0.2) is 4.79 Å². The SMILES string of the molecule is Cc1cc(OCOCC(F)(F)F)c(C(=O)O)s1. The lowest BCUT2D eigenvalue weighted by atomic mass is 10.4. The van der Waals surface area contributed by atoms with E-state index in [1.165, 1.54) is 6.07 Å². The molecular formula is C9H9F3O4S. The molecule has 0 aliphatic carbocycles. The van der Waals surface area contributed by atoms with Crippen LogP contribution >= 0.6 is 11.3 Å². The summed E-state index contributed by atoms with van der Waals surface area (Å²) in [6.07, 6.45) is -4.43. The molecule has 8 heteroatoms. The molecule has 0 atom stereocenters. The fourth-order valence-corrected chi connectivity index (χ4v) is 1.80. The Balaban J connectivity index is 2.49. The fraction of sp³-hybridized carbons (Fsp3) is 0.444. The Labute approximate surface area is 98.6 Å². The van der Waals surface area contributed by atoms with Crippen LogP contribution in [0.25, 0.3) is 0 Å². The zero-order valence-electron chi connectivity index (χ0n) is 8.71. The van der Waals surface area contributed by atoms with Crippen LogP contribution in [0, 0.1) is 6.92 Å². The molecule has 0 saturated carbocycles. The van der Waals surface area contributed by atoms with Crippen LogP contribution in [0.2, 0.25) is 0 Å². The van der Waals surface area contributed by atoms with E-state index in [0.717, 1.165) is 11.3 Å². The van der Waals surface area contributed by atoms with Gasteiger partial charge in [-0.15, -0.1) is 11.3 Å². The molecule has 4 nitrogen and oxygen atoms in total. The van der Waals surface area contributed by atoms with Crippen molar-refractivity contribution < 1.29 is 32.5 Å². The summed E-state index contributed by atoms with van der Waals surface area (Å²) < 4.78 is 44.2. The summed E-state index contributed by atoms with van der Waals surface area (Å²) in [4.78, 5) is 11.4. The van der Waals surface area contributed by atoms with E-state index < -0.39 is 25.5 Å². The summed E-state index contributed by atoms with van der Waals surface area (Å²) in [5.74, 6) is -1.17. The third-order valence-corrected chi connectivity index (χ3v) is 2.60. The molecule has 0 radical (unpaired) electrons. The number of thiophene rings is 1. The molecule has 17 heavy (non-hydrogen) atoms. The van der Waals surface area contributed by atoms with Gasteiger partial charge in [0.1, 0.15) is 12.4 Å². The smallest absolute Gasteiger partial charge is 0.411 e. The summed E-state index contributed by atoms with van der Waals surface area (Å²) in [6, 6.07) is 1.44. The van der Waals surface area contributed by atoms with Crippen molar-refractivity contribution in [3.05, 3.63) is 15.8 Å². The van der Waals surface area contributed by atoms with E-state index >= 15 is 0 Å². The second kappa shape index (κ2) is 5.37. The van der Waals surface area contributed by atoms with E-state index in [4.69, 9.17) is 9.84 Å². The topological polar surface area (TPSA) is 55.8 Å². The second-order valence-electron chi connectivity index (χ2n) is 3.08. The minimum absolute atomic E-state index is 0.0159. The number of hydrogen-bond acceptors (Lipinski definition) is 4. The molecule has 0 spiro atoms. The predicted octanol–water partition coefficient (Wildman–Crippen LogP) is 2.67. The van der Waals surface area contributed by atoms with Gasteiger partial charge >= 0.3 is 12.1 Å². The fourth-order valence-electron chi connectivity index (χ4n) is 1.01. The average Bonchev–Trinajstić information content (AvgIpc) is 2.53. The Hall–Kier alpha value is -1.28. The number of hydrogen-bond donors (Lipinski definition) is 1. The largest absolute Gasteiger partial charge is 0.477 e. The van der Waals surface area contributed by atoms with Crippen LogP contribution < -0.4 is 4.74 Å². The van der Waals surface area contributed by atoms with Crippen molar-refractivity contribution in [3.8, 4) is 5.75 Å². The van der Waals surface area contributed by atoms with Crippen LogP contribution in [-0.2, 0) is 4.74 Å². The lowest BCUT2D eigenvalue weighted by molar-refractivity contribution is -0.186. The van der Waals surface area contributed by atoms with Gasteiger partial charge in [0.15, 0.2) is 11.7 Å². The molecule has 0 aromatic carbocycles. The molecule has 0 bridgehead atoms. The third kappa shape index (κ3) is 4.61. The summed E-state index contributed by atoms with van der Waals surface area (Å²) in [7, 11) is 0. The van der Waals surface area contributed by atoms with Gasteiger partial charge in [-0.1, -0.05) is 0 Å². The number of rotatable bonds is 5. The van der Waals surface area contributed by atoms with Crippen molar-refractivity contribution in [2.75, 3.05) is 13.4 Å². The van der Waals surface area contributed by atoms with E-state index in [2.05, 4.69) is 4.74 Å². The molecule has 0 aliphatic rings. The van der Waals surface area contributed by atoms with Crippen LogP contribution in [0.1, 0.15) is 14.5 Å². The highest BCUT2D eigenvalue weighted by molar-refractivity contribution is 7.14. The maximum absolute atomic E-state index is 11.7. The molecule has 1 aromatic heterocycles. The highest BCUT2D eigenvalue weighted by atomic mass is 32.1. The van der Waals surface area contributed by atoms with Crippen molar-refractivity contribution >= 4 is 17.3 Å². The van der Waals surface area contributed by atoms with Gasteiger partial charge in [0.2, 0.25) is 0 Å². The van der Waals surface area contributed by atoms with E-state index in [1.54, 1.807) is 6.92 Å². The Bertz CT molecular complexity index is 399.